The summed E-state index contributed by atoms with van der Waals surface area (Å²) in [7, 11) is 0. The highest BCUT2D eigenvalue weighted by atomic mass is 79.9. The van der Waals surface area contributed by atoms with Crippen LogP contribution in [0.4, 0.5) is 5.69 Å². The molecule has 0 spiro atoms. The molecule has 3 nitrogen and oxygen atoms in total. The fraction of sp³-hybridized carbons (Fsp3) is 0.0909. The molecule has 0 aliphatic rings. The van der Waals surface area contributed by atoms with Crippen molar-refractivity contribution in [1.29, 1.82) is 0 Å². The molecule has 2 aromatic carbocycles. The average Bonchev–Trinajstić information content (AvgIpc) is 2.62. The first kappa shape index (κ1) is 19.3. The van der Waals surface area contributed by atoms with E-state index in [-0.39, 0.29) is 5.76 Å². The number of aryl methyl sites for hydroxylation is 2. The summed E-state index contributed by atoms with van der Waals surface area (Å²) < 4.78 is 2.61. The van der Waals surface area contributed by atoms with E-state index in [1.54, 1.807) is 0 Å². The molecule has 0 fully saturated rings. The molecule has 1 aromatic heterocycles. The molecule has 0 bridgehead atoms. The van der Waals surface area contributed by atoms with Crippen LogP contribution in [-0.4, -0.2) is 10.1 Å². The first-order valence-electron chi connectivity index (χ1n) is 8.50. The van der Waals surface area contributed by atoms with Crippen molar-refractivity contribution in [1.82, 2.24) is 0 Å². The van der Waals surface area contributed by atoms with E-state index >= 15 is 0 Å². The Kier molecular flexibility index (Phi) is 6.04. The molecule has 3 aromatic rings. The maximum atomic E-state index is 11.1. The molecular weight excluding hydrogens is 420 g/mol. The molecule has 0 aliphatic carbocycles. The van der Waals surface area contributed by atoms with Crippen molar-refractivity contribution < 1.29 is 9.67 Å². The van der Waals surface area contributed by atoms with Crippen LogP contribution in [0.3, 0.4) is 0 Å². The zero-order valence-electron chi connectivity index (χ0n) is 15.1. The monoisotopic (exact) mass is 439 g/mol. The highest BCUT2D eigenvalue weighted by Crippen LogP contribution is 2.26. The Hall–Kier alpha value is -2.50. The third-order valence-corrected chi connectivity index (χ3v) is 5.01. The van der Waals surface area contributed by atoms with E-state index in [1.165, 1.54) is 0 Å². The molecule has 0 radical (unpaired) electrons. The first-order valence-corrected chi connectivity index (χ1v) is 9.70. The fourth-order valence-corrected chi connectivity index (χ4v) is 3.71. The van der Waals surface area contributed by atoms with Crippen LogP contribution >= 0.6 is 28.1 Å². The Bertz CT molecular complexity index is 996. The summed E-state index contributed by atoms with van der Waals surface area (Å²) in [5, 5.41) is 14.3. The zero-order valence-corrected chi connectivity index (χ0v) is 17.5. The van der Waals surface area contributed by atoms with E-state index in [9.17, 15) is 5.11 Å². The van der Waals surface area contributed by atoms with Gasteiger partial charge in [0, 0.05) is 27.9 Å². The number of hydrogen-bond donors (Lipinski definition) is 2. The molecule has 0 unspecified atom stereocenters. The Morgan fingerprint density at radius 1 is 0.963 bits per heavy atom. The van der Waals surface area contributed by atoms with E-state index in [2.05, 4.69) is 27.3 Å². The van der Waals surface area contributed by atoms with Crippen molar-refractivity contribution in [3.05, 3.63) is 94.2 Å². The number of hydrogen-bond acceptors (Lipinski definition) is 2. The number of nitrogens with one attached hydrogen (secondary N) is 1. The number of halogens is 1. The van der Waals surface area contributed by atoms with Crippen molar-refractivity contribution in [3.63, 3.8) is 0 Å². The van der Waals surface area contributed by atoms with Gasteiger partial charge in [-0.2, -0.15) is 4.57 Å². The molecule has 5 heteroatoms. The summed E-state index contributed by atoms with van der Waals surface area (Å²) >= 11 is 9.19. The van der Waals surface area contributed by atoms with E-state index in [4.69, 9.17) is 12.2 Å². The van der Waals surface area contributed by atoms with Crippen LogP contribution in [0.2, 0.25) is 0 Å². The summed E-state index contributed by atoms with van der Waals surface area (Å²) in [6.45, 7) is 4.09. The minimum absolute atomic E-state index is 0.0977. The minimum atomic E-state index is 0.0977. The molecule has 3 rings (SSSR count). The van der Waals surface area contributed by atoms with Crippen LogP contribution < -0.4 is 9.88 Å². The van der Waals surface area contributed by atoms with Gasteiger partial charge in [-0.25, -0.2) is 0 Å². The number of aromatic nitrogens is 1. The second kappa shape index (κ2) is 8.46. The highest BCUT2D eigenvalue weighted by molar-refractivity contribution is 9.10. The maximum Gasteiger partial charge on any atom is 0.288 e. The number of pyridine rings is 1. The molecular formula is C22H20BrN2OS+. The van der Waals surface area contributed by atoms with Crippen molar-refractivity contribution in [2.45, 2.75) is 13.8 Å². The van der Waals surface area contributed by atoms with Crippen LogP contribution in [0.25, 0.3) is 11.5 Å². The molecule has 0 saturated heterocycles. The van der Waals surface area contributed by atoms with Gasteiger partial charge in [-0.3, -0.25) is 0 Å². The van der Waals surface area contributed by atoms with E-state index in [0.29, 0.717) is 16.2 Å². The van der Waals surface area contributed by atoms with Gasteiger partial charge < -0.3 is 10.4 Å². The van der Waals surface area contributed by atoms with Gasteiger partial charge in [-0.05, 0) is 49.2 Å². The third kappa shape index (κ3) is 4.62. The highest BCUT2D eigenvalue weighted by Gasteiger charge is 2.24. The summed E-state index contributed by atoms with van der Waals surface area (Å²) in [4.78, 5) is 0.435. The Morgan fingerprint density at radius 2 is 1.59 bits per heavy atom. The third-order valence-electron chi connectivity index (χ3n) is 4.02. The van der Waals surface area contributed by atoms with Crippen molar-refractivity contribution in [2.24, 2.45) is 0 Å². The van der Waals surface area contributed by atoms with Gasteiger partial charge in [0.1, 0.15) is 0 Å². The lowest BCUT2D eigenvalue weighted by molar-refractivity contribution is -0.575. The minimum Gasteiger partial charge on any atom is -0.502 e. The number of rotatable bonds is 4. The molecule has 2 N–H and O–H groups in total. The number of aliphatic hydroxyl groups is 1. The largest absolute Gasteiger partial charge is 0.502 e. The number of benzene rings is 2. The van der Waals surface area contributed by atoms with E-state index < -0.39 is 0 Å². The average molecular weight is 440 g/mol. The SMILES string of the molecule is Cc1cc(C)cc(NC(=S)/C(=C(\O)c2ccccc2Br)[n+]2ccccc2)c1. The lowest BCUT2D eigenvalue weighted by atomic mass is 10.1. The van der Waals surface area contributed by atoms with Gasteiger partial charge in [0.2, 0.25) is 0 Å². The second-order valence-electron chi connectivity index (χ2n) is 6.29. The van der Waals surface area contributed by atoms with Gasteiger partial charge in [-0.15, -0.1) is 0 Å². The zero-order chi connectivity index (χ0) is 19.4. The smallest absolute Gasteiger partial charge is 0.288 e. The molecule has 136 valence electrons. The predicted octanol–water partition coefficient (Wildman–Crippen LogP) is 5.68. The van der Waals surface area contributed by atoms with Gasteiger partial charge in [0.05, 0.1) is 0 Å². The predicted molar refractivity (Wildman–Crippen MR) is 119 cm³/mol. The molecule has 0 aliphatic heterocycles. The Balaban J connectivity index is 2.09. The Labute approximate surface area is 173 Å². The quantitative estimate of drug-likeness (QED) is 0.237. The fourth-order valence-electron chi connectivity index (χ4n) is 2.91. The summed E-state index contributed by atoms with van der Waals surface area (Å²) in [5.41, 5.74) is 4.37. The topological polar surface area (TPSA) is 36.1 Å². The maximum absolute atomic E-state index is 11.1. The number of thiocarbonyl (C=S) groups is 1. The van der Waals surface area contributed by atoms with E-state index in [1.807, 2.05) is 85.4 Å². The van der Waals surface area contributed by atoms with Crippen molar-refractivity contribution in [2.75, 3.05) is 5.32 Å². The van der Waals surface area contributed by atoms with Crippen LogP contribution in [0.15, 0.2) is 77.5 Å². The van der Waals surface area contributed by atoms with Crippen LogP contribution in [0.5, 0.6) is 0 Å². The number of anilines is 1. The lowest BCUT2D eigenvalue weighted by Gasteiger charge is -2.12. The number of aliphatic hydroxyl groups excluding tert-OH is 1. The molecule has 0 amide bonds. The van der Waals surface area contributed by atoms with Crippen LogP contribution in [0.1, 0.15) is 16.7 Å². The van der Waals surface area contributed by atoms with Gasteiger partial charge >= 0.3 is 0 Å². The van der Waals surface area contributed by atoms with Crippen LogP contribution in [-0.2, 0) is 0 Å². The van der Waals surface area contributed by atoms with Crippen molar-refractivity contribution in [3.8, 4) is 0 Å². The molecule has 0 atom stereocenters. The Morgan fingerprint density at radius 3 is 2.22 bits per heavy atom. The summed E-state index contributed by atoms with van der Waals surface area (Å²) in [5.74, 6) is 0.0977. The second-order valence-corrected chi connectivity index (χ2v) is 7.55. The molecule has 27 heavy (non-hydrogen) atoms. The van der Waals surface area contributed by atoms with Gasteiger partial charge in [0.15, 0.2) is 23.1 Å². The standard InChI is InChI=1S/C22H19BrN2OS/c1-15-12-16(2)14-17(13-15)24-22(27)20(25-10-6-3-7-11-25)21(26)18-8-4-5-9-19(18)23/h3-14H,1-2H3,(H-,24,26,27)/p+1. The summed E-state index contributed by atoms with van der Waals surface area (Å²) in [6, 6.07) is 19.4. The lowest BCUT2D eigenvalue weighted by Crippen LogP contribution is -2.38. The summed E-state index contributed by atoms with van der Waals surface area (Å²) in [6.07, 6.45) is 3.72. The van der Waals surface area contributed by atoms with Gasteiger partial charge in [0.25, 0.3) is 5.70 Å². The molecule has 1 heterocycles. The number of nitrogens with zero attached hydrogens (tertiary/aromatic N) is 1. The molecule has 0 saturated carbocycles. The van der Waals surface area contributed by atoms with Crippen LogP contribution in [0, 0.1) is 13.8 Å². The first-order chi connectivity index (χ1) is 13.0. The van der Waals surface area contributed by atoms with Gasteiger partial charge in [-0.1, -0.05) is 52.4 Å². The van der Waals surface area contributed by atoms with E-state index in [0.717, 1.165) is 21.3 Å². The normalized spacial score (nSPS) is 11.7. The van der Waals surface area contributed by atoms with Crippen molar-refractivity contribution >= 4 is 50.3 Å².